The van der Waals surface area contributed by atoms with E-state index in [1.165, 1.54) is 0 Å². The number of aryl methyl sites for hydroxylation is 1. The molecule has 0 unspecified atom stereocenters. The minimum Gasteiger partial charge on any atom is -0.327 e. The standard InChI is InChI=1S/C19H14Br2N6/c1-27-16-8-7-13(20)10-15(16)17-18(27)23-19(26-24-17)25-22-11-14(21)9-12-5-3-2-4-6-12/h2-11H,1H3,(H,23,25,26)/b14-9-,22-11-. The number of fused-ring (bicyclic) bond motifs is 3. The zero-order chi connectivity index (χ0) is 18.8. The molecule has 6 nitrogen and oxygen atoms in total. The Morgan fingerprint density at radius 1 is 1.15 bits per heavy atom. The van der Waals surface area contributed by atoms with Crippen LogP contribution in [0.2, 0.25) is 0 Å². The van der Waals surface area contributed by atoms with E-state index in [9.17, 15) is 0 Å². The highest BCUT2D eigenvalue weighted by molar-refractivity contribution is 9.12. The van der Waals surface area contributed by atoms with Crippen LogP contribution in [0.1, 0.15) is 5.56 Å². The molecule has 0 fully saturated rings. The average molecular weight is 486 g/mol. The zero-order valence-electron chi connectivity index (χ0n) is 14.3. The van der Waals surface area contributed by atoms with Crippen molar-refractivity contribution >= 4 is 72.2 Å². The molecule has 0 saturated heterocycles. The molecular weight excluding hydrogens is 472 g/mol. The van der Waals surface area contributed by atoms with Gasteiger partial charge in [0.1, 0.15) is 5.52 Å². The summed E-state index contributed by atoms with van der Waals surface area (Å²) in [6.45, 7) is 0. The maximum atomic E-state index is 4.54. The average Bonchev–Trinajstić information content (AvgIpc) is 2.94. The molecule has 0 atom stereocenters. The van der Waals surface area contributed by atoms with Crippen LogP contribution in [0.3, 0.4) is 0 Å². The van der Waals surface area contributed by atoms with Crippen LogP contribution in [-0.4, -0.2) is 26.0 Å². The minimum absolute atomic E-state index is 0.337. The van der Waals surface area contributed by atoms with E-state index in [0.29, 0.717) is 5.95 Å². The first-order valence-electron chi connectivity index (χ1n) is 8.11. The van der Waals surface area contributed by atoms with Crippen molar-refractivity contribution in [1.29, 1.82) is 0 Å². The van der Waals surface area contributed by atoms with E-state index in [1.807, 2.05) is 66.2 Å². The zero-order valence-corrected chi connectivity index (χ0v) is 17.4. The lowest BCUT2D eigenvalue weighted by molar-refractivity contribution is 0.949. The Balaban J connectivity index is 1.59. The molecule has 134 valence electrons. The van der Waals surface area contributed by atoms with Crippen LogP contribution in [0, 0.1) is 0 Å². The monoisotopic (exact) mass is 484 g/mol. The summed E-state index contributed by atoms with van der Waals surface area (Å²) in [6.07, 6.45) is 3.62. The fraction of sp³-hybridized carbons (Fsp3) is 0.0526. The lowest BCUT2D eigenvalue weighted by Gasteiger charge is -1.99. The molecule has 8 heteroatoms. The van der Waals surface area contributed by atoms with Crippen LogP contribution in [-0.2, 0) is 7.05 Å². The molecular formula is C19H14Br2N6. The van der Waals surface area contributed by atoms with Crippen molar-refractivity contribution in [2.75, 3.05) is 5.43 Å². The summed E-state index contributed by atoms with van der Waals surface area (Å²) in [5, 5.41) is 13.6. The third kappa shape index (κ3) is 3.77. The number of halogens is 2. The Bertz CT molecular complexity index is 1180. The number of hydrogen-bond acceptors (Lipinski definition) is 5. The van der Waals surface area contributed by atoms with E-state index in [4.69, 9.17) is 0 Å². The molecule has 0 aliphatic rings. The van der Waals surface area contributed by atoms with E-state index in [1.54, 1.807) is 6.21 Å². The van der Waals surface area contributed by atoms with Crippen LogP contribution < -0.4 is 5.43 Å². The second kappa shape index (κ2) is 7.58. The Kier molecular flexibility index (Phi) is 5.00. The number of nitrogens with one attached hydrogen (secondary N) is 1. The predicted octanol–water partition coefficient (Wildman–Crippen LogP) is 5.11. The van der Waals surface area contributed by atoms with Gasteiger partial charge in [0, 0.05) is 21.4 Å². The molecule has 0 radical (unpaired) electrons. The number of hydrazone groups is 1. The topological polar surface area (TPSA) is 68.0 Å². The molecule has 0 spiro atoms. The summed E-state index contributed by atoms with van der Waals surface area (Å²) in [7, 11) is 1.96. The molecule has 4 aromatic rings. The van der Waals surface area contributed by atoms with Gasteiger partial charge in [-0.05, 0) is 45.8 Å². The second-order valence-electron chi connectivity index (χ2n) is 5.84. The normalized spacial score (nSPS) is 12.3. The third-order valence-electron chi connectivity index (χ3n) is 4.02. The van der Waals surface area contributed by atoms with Gasteiger partial charge in [-0.25, -0.2) is 5.43 Å². The number of rotatable bonds is 4. The van der Waals surface area contributed by atoms with Crippen LogP contribution >= 0.6 is 31.9 Å². The highest BCUT2D eigenvalue weighted by Crippen LogP contribution is 2.28. The van der Waals surface area contributed by atoms with Crippen molar-refractivity contribution < 1.29 is 0 Å². The molecule has 2 aromatic heterocycles. The van der Waals surface area contributed by atoms with E-state index in [-0.39, 0.29) is 0 Å². The predicted molar refractivity (Wildman–Crippen MR) is 117 cm³/mol. The number of anilines is 1. The number of allylic oxidation sites excluding steroid dienone is 1. The fourth-order valence-corrected chi connectivity index (χ4v) is 3.50. The van der Waals surface area contributed by atoms with Gasteiger partial charge in [-0.2, -0.15) is 10.1 Å². The summed E-state index contributed by atoms with van der Waals surface area (Å²) in [5.74, 6) is 0.337. The number of nitrogens with zero attached hydrogens (tertiary/aromatic N) is 5. The van der Waals surface area contributed by atoms with Crippen molar-refractivity contribution in [3.63, 3.8) is 0 Å². The molecule has 27 heavy (non-hydrogen) atoms. The van der Waals surface area contributed by atoms with Crippen molar-refractivity contribution in [1.82, 2.24) is 19.7 Å². The van der Waals surface area contributed by atoms with Gasteiger partial charge in [0.15, 0.2) is 5.65 Å². The van der Waals surface area contributed by atoms with Gasteiger partial charge in [-0.3, -0.25) is 0 Å². The molecule has 0 aliphatic carbocycles. The largest absolute Gasteiger partial charge is 0.327 e. The van der Waals surface area contributed by atoms with Crippen molar-refractivity contribution in [2.24, 2.45) is 12.1 Å². The fourth-order valence-electron chi connectivity index (χ4n) is 2.78. The van der Waals surface area contributed by atoms with Gasteiger partial charge in [-0.1, -0.05) is 46.3 Å². The molecule has 0 aliphatic heterocycles. The quantitative estimate of drug-likeness (QED) is 0.322. The van der Waals surface area contributed by atoms with Crippen molar-refractivity contribution in [3.8, 4) is 0 Å². The van der Waals surface area contributed by atoms with E-state index in [2.05, 4.69) is 57.6 Å². The molecule has 0 amide bonds. The molecule has 2 heterocycles. The van der Waals surface area contributed by atoms with Gasteiger partial charge in [-0.15, -0.1) is 10.2 Å². The first-order valence-corrected chi connectivity index (χ1v) is 9.70. The highest BCUT2D eigenvalue weighted by Gasteiger charge is 2.12. The number of aromatic nitrogens is 4. The Labute approximate surface area is 172 Å². The van der Waals surface area contributed by atoms with Gasteiger partial charge in [0.05, 0.1) is 11.7 Å². The van der Waals surface area contributed by atoms with E-state index in [0.717, 1.165) is 36.6 Å². The summed E-state index contributed by atoms with van der Waals surface area (Å²) in [6, 6.07) is 16.0. The number of benzene rings is 2. The highest BCUT2D eigenvalue weighted by atomic mass is 79.9. The molecule has 0 saturated carbocycles. The first kappa shape index (κ1) is 17.8. The maximum Gasteiger partial charge on any atom is 0.265 e. The van der Waals surface area contributed by atoms with Gasteiger partial charge in [0.2, 0.25) is 0 Å². The minimum atomic E-state index is 0.337. The van der Waals surface area contributed by atoms with E-state index >= 15 is 0 Å². The molecule has 2 aromatic carbocycles. The SMILES string of the molecule is Cn1c2ccc(Br)cc2c2nnc(N/N=C\C(Br)=C\c3ccccc3)nc21. The Morgan fingerprint density at radius 3 is 2.78 bits per heavy atom. The number of hydrogen-bond donors (Lipinski definition) is 1. The van der Waals surface area contributed by atoms with Crippen LogP contribution in [0.15, 0.2) is 62.6 Å². The summed E-state index contributed by atoms with van der Waals surface area (Å²) in [4.78, 5) is 4.54. The first-order chi connectivity index (χ1) is 13.1. The van der Waals surface area contributed by atoms with Crippen molar-refractivity contribution in [2.45, 2.75) is 0 Å². The summed E-state index contributed by atoms with van der Waals surface area (Å²) in [5.41, 5.74) is 6.46. The second-order valence-corrected chi connectivity index (χ2v) is 7.67. The molecule has 4 rings (SSSR count). The Morgan fingerprint density at radius 2 is 1.96 bits per heavy atom. The Hall–Kier alpha value is -2.58. The summed E-state index contributed by atoms with van der Waals surface area (Å²) < 4.78 is 3.81. The van der Waals surface area contributed by atoms with Crippen LogP contribution in [0.4, 0.5) is 5.95 Å². The smallest absolute Gasteiger partial charge is 0.265 e. The lowest BCUT2D eigenvalue weighted by atomic mass is 10.2. The van der Waals surface area contributed by atoms with Crippen LogP contribution in [0.5, 0.6) is 0 Å². The molecule has 0 bridgehead atoms. The lowest BCUT2D eigenvalue weighted by Crippen LogP contribution is -2.00. The third-order valence-corrected chi connectivity index (χ3v) is 4.94. The van der Waals surface area contributed by atoms with Gasteiger partial charge < -0.3 is 4.57 Å². The molecule has 1 N–H and O–H groups in total. The van der Waals surface area contributed by atoms with Crippen LogP contribution in [0.25, 0.3) is 28.1 Å². The van der Waals surface area contributed by atoms with Gasteiger partial charge in [0.25, 0.3) is 5.95 Å². The van der Waals surface area contributed by atoms with E-state index < -0.39 is 0 Å². The van der Waals surface area contributed by atoms with Gasteiger partial charge >= 0.3 is 0 Å². The summed E-state index contributed by atoms with van der Waals surface area (Å²) >= 11 is 6.97. The maximum absolute atomic E-state index is 4.54. The van der Waals surface area contributed by atoms with Crippen molar-refractivity contribution in [3.05, 3.63) is 63.0 Å².